The van der Waals surface area contributed by atoms with E-state index in [1.165, 1.54) is 37.8 Å². The van der Waals surface area contributed by atoms with E-state index in [0.29, 0.717) is 6.04 Å². The number of nitrogens with zero attached hydrogens (tertiary/aromatic N) is 1. The average molecular weight is 290 g/mol. The van der Waals surface area contributed by atoms with Crippen LogP contribution in [0.2, 0.25) is 0 Å². The van der Waals surface area contributed by atoms with Crippen LogP contribution in [-0.2, 0) is 6.54 Å². The van der Waals surface area contributed by atoms with Crippen molar-refractivity contribution in [1.29, 1.82) is 0 Å². The van der Waals surface area contributed by atoms with E-state index in [1.54, 1.807) is 0 Å². The summed E-state index contributed by atoms with van der Waals surface area (Å²) >= 11 is 0. The van der Waals surface area contributed by atoms with Gasteiger partial charge in [0.15, 0.2) is 0 Å². The van der Waals surface area contributed by atoms with Crippen molar-refractivity contribution in [3.63, 3.8) is 0 Å². The Morgan fingerprint density at radius 2 is 2.00 bits per heavy atom. The first-order valence-electron chi connectivity index (χ1n) is 8.46. The van der Waals surface area contributed by atoms with Gasteiger partial charge in [0.05, 0.1) is 0 Å². The number of ether oxygens (including phenoxy) is 1. The fourth-order valence-electron chi connectivity index (χ4n) is 2.92. The molecule has 0 bridgehead atoms. The molecule has 1 aromatic rings. The lowest BCUT2D eigenvalue weighted by molar-refractivity contribution is 0.171. The quantitative estimate of drug-likeness (QED) is 0.832. The third kappa shape index (κ3) is 5.68. The number of hydrogen-bond acceptors (Lipinski definition) is 3. The number of benzene rings is 1. The van der Waals surface area contributed by atoms with Gasteiger partial charge in [0.1, 0.15) is 12.4 Å². The second-order valence-electron chi connectivity index (χ2n) is 6.01. The van der Waals surface area contributed by atoms with Crippen LogP contribution in [0.1, 0.15) is 45.1 Å². The zero-order chi connectivity index (χ0) is 14.9. The highest BCUT2D eigenvalue weighted by atomic mass is 16.5. The lowest BCUT2D eigenvalue weighted by atomic mass is 10.1. The molecule has 0 aliphatic carbocycles. The van der Waals surface area contributed by atoms with E-state index in [1.807, 2.05) is 0 Å². The van der Waals surface area contributed by atoms with Crippen LogP contribution in [-0.4, -0.2) is 37.2 Å². The molecule has 1 fully saturated rings. The summed E-state index contributed by atoms with van der Waals surface area (Å²) in [6.45, 7) is 9.47. The zero-order valence-corrected chi connectivity index (χ0v) is 13.6. The maximum absolute atomic E-state index is 5.90. The van der Waals surface area contributed by atoms with Gasteiger partial charge in [-0.25, -0.2) is 0 Å². The molecule has 21 heavy (non-hydrogen) atoms. The van der Waals surface area contributed by atoms with Crippen LogP contribution < -0.4 is 10.1 Å². The Hall–Kier alpha value is -1.06. The summed E-state index contributed by atoms with van der Waals surface area (Å²) in [4.78, 5) is 2.58. The first-order valence-corrected chi connectivity index (χ1v) is 8.46. The average Bonchev–Trinajstić information content (AvgIpc) is 2.71. The molecule has 0 aromatic heterocycles. The van der Waals surface area contributed by atoms with Gasteiger partial charge in [0.25, 0.3) is 0 Å². The van der Waals surface area contributed by atoms with Crippen molar-refractivity contribution in [1.82, 2.24) is 10.2 Å². The summed E-state index contributed by atoms with van der Waals surface area (Å²) in [6, 6.07) is 9.16. The molecule has 1 aliphatic heterocycles. The van der Waals surface area contributed by atoms with Crippen molar-refractivity contribution in [2.45, 2.75) is 52.1 Å². The maximum atomic E-state index is 5.90. The Labute approximate surface area is 129 Å². The Kier molecular flexibility index (Phi) is 7.04. The summed E-state index contributed by atoms with van der Waals surface area (Å²) < 4.78 is 5.90. The van der Waals surface area contributed by atoms with Gasteiger partial charge in [0, 0.05) is 19.1 Å². The molecule has 3 nitrogen and oxygen atoms in total. The van der Waals surface area contributed by atoms with Gasteiger partial charge < -0.3 is 10.1 Å². The summed E-state index contributed by atoms with van der Waals surface area (Å²) in [5.74, 6) is 0.984. The third-order valence-electron chi connectivity index (χ3n) is 4.34. The van der Waals surface area contributed by atoms with Crippen molar-refractivity contribution < 1.29 is 4.74 Å². The van der Waals surface area contributed by atoms with Crippen LogP contribution >= 0.6 is 0 Å². The molecule has 1 N–H and O–H groups in total. The van der Waals surface area contributed by atoms with Crippen LogP contribution in [0.3, 0.4) is 0 Å². The summed E-state index contributed by atoms with van der Waals surface area (Å²) in [5.41, 5.74) is 1.31. The van der Waals surface area contributed by atoms with Crippen molar-refractivity contribution >= 4 is 0 Å². The normalized spacial score (nSPS) is 20.2. The van der Waals surface area contributed by atoms with Gasteiger partial charge in [0.2, 0.25) is 0 Å². The summed E-state index contributed by atoms with van der Waals surface area (Å²) in [5, 5.41) is 3.33. The lowest BCUT2D eigenvalue weighted by Gasteiger charge is -2.26. The van der Waals surface area contributed by atoms with Crippen LogP contribution in [0.15, 0.2) is 24.3 Å². The standard InChI is InChI=1S/C18H30N2O/c1-3-19-15-17-8-10-18(11-9-17)21-14-13-20-12-6-4-5-7-16(20)2/h8-11,16,19H,3-7,12-15H2,1-2H3. The summed E-state index contributed by atoms with van der Waals surface area (Å²) in [7, 11) is 0. The molecule has 0 amide bonds. The Balaban J connectivity index is 1.72. The zero-order valence-electron chi connectivity index (χ0n) is 13.6. The SMILES string of the molecule is CCNCc1ccc(OCCN2CCCCCC2C)cc1. The second kappa shape index (κ2) is 9.06. The highest BCUT2D eigenvalue weighted by Crippen LogP contribution is 2.16. The molecule has 1 unspecified atom stereocenters. The molecule has 118 valence electrons. The predicted molar refractivity (Wildman–Crippen MR) is 88.8 cm³/mol. The number of rotatable bonds is 7. The molecule has 1 atom stereocenters. The minimum Gasteiger partial charge on any atom is -0.492 e. The first kappa shape index (κ1) is 16.3. The lowest BCUT2D eigenvalue weighted by Crippen LogP contribution is -2.35. The van der Waals surface area contributed by atoms with Crippen molar-refractivity contribution in [2.24, 2.45) is 0 Å². The first-order chi connectivity index (χ1) is 10.3. The molecule has 3 heteroatoms. The topological polar surface area (TPSA) is 24.5 Å². The van der Waals surface area contributed by atoms with Crippen molar-refractivity contribution in [2.75, 3.05) is 26.2 Å². The van der Waals surface area contributed by atoms with Crippen LogP contribution in [0.25, 0.3) is 0 Å². The Morgan fingerprint density at radius 1 is 1.19 bits per heavy atom. The fourth-order valence-corrected chi connectivity index (χ4v) is 2.92. The number of likely N-dealkylation sites (tertiary alicyclic amines) is 1. The van der Waals surface area contributed by atoms with E-state index in [2.05, 4.69) is 48.3 Å². The second-order valence-corrected chi connectivity index (χ2v) is 6.01. The molecular formula is C18H30N2O. The third-order valence-corrected chi connectivity index (χ3v) is 4.34. The molecule has 0 spiro atoms. The molecule has 1 aromatic carbocycles. The van der Waals surface area contributed by atoms with E-state index >= 15 is 0 Å². The van der Waals surface area contributed by atoms with Gasteiger partial charge in [-0.3, -0.25) is 4.90 Å². The maximum Gasteiger partial charge on any atom is 0.119 e. The molecule has 2 rings (SSSR count). The predicted octanol–water partition coefficient (Wildman–Crippen LogP) is 3.44. The van der Waals surface area contributed by atoms with Gasteiger partial charge in [-0.05, 0) is 50.6 Å². The van der Waals surface area contributed by atoms with Gasteiger partial charge in [-0.15, -0.1) is 0 Å². The summed E-state index contributed by atoms with van der Waals surface area (Å²) in [6.07, 6.45) is 5.43. The minimum atomic E-state index is 0.707. The molecule has 1 aliphatic rings. The Morgan fingerprint density at radius 3 is 2.76 bits per heavy atom. The highest BCUT2D eigenvalue weighted by molar-refractivity contribution is 5.27. The molecule has 0 radical (unpaired) electrons. The van der Waals surface area contributed by atoms with Gasteiger partial charge >= 0.3 is 0 Å². The van der Waals surface area contributed by atoms with E-state index in [9.17, 15) is 0 Å². The molecule has 1 heterocycles. The fraction of sp³-hybridized carbons (Fsp3) is 0.667. The van der Waals surface area contributed by atoms with Crippen LogP contribution in [0, 0.1) is 0 Å². The van der Waals surface area contributed by atoms with Gasteiger partial charge in [-0.2, -0.15) is 0 Å². The smallest absolute Gasteiger partial charge is 0.119 e. The monoisotopic (exact) mass is 290 g/mol. The largest absolute Gasteiger partial charge is 0.492 e. The van der Waals surface area contributed by atoms with Crippen molar-refractivity contribution in [3.05, 3.63) is 29.8 Å². The molecular weight excluding hydrogens is 260 g/mol. The van der Waals surface area contributed by atoms with E-state index < -0.39 is 0 Å². The van der Waals surface area contributed by atoms with Gasteiger partial charge in [-0.1, -0.05) is 31.9 Å². The van der Waals surface area contributed by atoms with E-state index in [4.69, 9.17) is 4.74 Å². The van der Waals surface area contributed by atoms with Crippen LogP contribution in [0.4, 0.5) is 0 Å². The highest BCUT2D eigenvalue weighted by Gasteiger charge is 2.16. The number of hydrogen-bond donors (Lipinski definition) is 1. The molecule has 0 saturated carbocycles. The number of nitrogens with one attached hydrogen (secondary N) is 1. The Bertz CT molecular complexity index is 391. The van der Waals surface area contributed by atoms with E-state index in [-0.39, 0.29) is 0 Å². The van der Waals surface area contributed by atoms with Crippen molar-refractivity contribution in [3.8, 4) is 5.75 Å². The van der Waals surface area contributed by atoms with Crippen LogP contribution in [0.5, 0.6) is 5.75 Å². The van der Waals surface area contributed by atoms with E-state index in [0.717, 1.165) is 32.0 Å². The molecule has 1 saturated heterocycles. The minimum absolute atomic E-state index is 0.707.